The minimum absolute atomic E-state index is 0.0484. The predicted molar refractivity (Wildman–Crippen MR) is 76.6 cm³/mol. The topological polar surface area (TPSA) is 70.6 Å². The molecule has 0 radical (unpaired) electrons. The van der Waals surface area contributed by atoms with Gasteiger partial charge >= 0.3 is 0 Å². The molecular weight excluding hydrogens is 256 g/mol. The highest BCUT2D eigenvalue weighted by Crippen LogP contribution is 2.14. The summed E-state index contributed by atoms with van der Waals surface area (Å²) in [4.78, 5) is 12.1. The third kappa shape index (κ3) is 3.95. The van der Waals surface area contributed by atoms with Crippen molar-refractivity contribution < 1.29 is 14.6 Å². The average molecular weight is 278 g/mol. The van der Waals surface area contributed by atoms with Gasteiger partial charge in [-0.3, -0.25) is 4.79 Å². The molecule has 5 nitrogen and oxygen atoms in total. The minimum Gasteiger partial charge on any atom is -0.508 e. The van der Waals surface area contributed by atoms with E-state index in [1.807, 2.05) is 19.1 Å². The second-order valence-electron chi connectivity index (χ2n) is 5.02. The van der Waals surface area contributed by atoms with Gasteiger partial charge in [0.15, 0.2) is 0 Å². The molecule has 1 saturated heterocycles. The summed E-state index contributed by atoms with van der Waals surface area (Å²) >= 11 is 0. The molecule has 2 unspecified atom stereocenters. The van der Waals surface area contributed by atoms with E-state index in [9.17, 15) is 9.90 Å². The highest BCUT2D eigenvalue weighted by molar-refractivity contribution is 5.79. The van der Waals surface area contributed by atoms with Crippen LogP contribution < -0.4 is 10.6 Å². The summed E-state index contributed by atoms with van der Waals surface area (Å²) in [7, 11) is 0. The molecule has 0 aromatic heterocycles. The zero-order chi connectivity index (χ0) is 14.4. The van der Waals surface area contributed by atoms with E-state index in [0.717, 1.165) is 18.5 Å². The van der Waals surface area contributed by atoms with Crippen LogP contribution >= 0.6 is 0 Å². The predicted octanol–water partition coefficient (Wildman–Crippen LogP) is 0.675. The Morgan fingerprint density at radius 2 is 2.10 bits per heavy atom. The third-order valence-electron chi connectivity index (χ3n) is 3.53. The van der Waals surface area contributed by atoms with Gasteiger partial charge in [-0.1, -0.05) is 19.1 Å². The summed E-state index contributed by atoms with van der Waals surface area (Å²) in [6.07, 6.45) is 0.755. The lowest BCUT2D eigenvalue weighted by Gasteiger charge is -2.17. The Bertz CT molecular complexity index is 433. The van der Waals surface area contributed by atoms with E-state index in [-0.39, 0.29) is 23.6 Å². The van der Waals surface area contributed by atoms with Gasteiger partial charge in [0.25, 0.3) is 0 Å². The van der Waals surface area contributed by atoms with Gasteiger partial charge in [-0.25, -0.2) is 0 Å². The van der Waals surface area contributed by atoms with Gasteiger partial charge < -0.3 is 20.5 Å². The summed E-state index contributed by atoms with van der Waals surface area (Å²) < 4.78 is 5.37. The molecule has 20 heavy (non-hydrogen) atoms. The van der Waals surface area contributed by atoms with Crippen LogP contribution in [0.5, 0.6) is 5.75 Å². The molecule has 0 spiro atoms. The number of nitrogens with one attached hydrogen (secondary N) is 2. The van der Waals surface area contributed by atoms with Gasteiger partial charge in [0.05, 0.1) is 19.1 Å². The number of carbonyl (C=O) groups excluding carboxylic acids is 1. The maximum Gasteiger partial charge on any atom is 0.227 e. The summed E-state index contributed by atoms with van der Waals surface area (Å²) in [6.45, 7) is 4.55. The summed E-state index contributed by atoms with van der Waals surface area (Å²) in [5.74, 6) is 0.205. The zero-order valence-corrected chi connectivity index (χ0v) is 11.8. The lowest BCUT2D eigenvalue weighted by Crippen LogP contribution is -2.44. The van der Waals surface area contributed by atoms with Crippen LogP contribution in [0.3, 0.4) is 0 Å². The Hall–Kier alpha value is -1.59. The number of ether oxygens (including phenoxy) is 1. The number of phenols is 1. The molecule has 0 bridgehead atoms. The fourth-order valence-electron chi connectivity index (χ4n) is 2.40. The molecule has 0 saturated carbocycles. The normalized spacial score (nSPS) is 21.9. The molecule has 3 N–H and O–H groups in total. The standard InChI is InChI=1S/C15H22N2O3/c1-2-16-14-10-20-9-13(14)15(19)17-8-7-11-3-5-12(18)6-4-11/h3-6,13-14,16,18H,2,7-10H2,1H3,(H,17,19). The molecule has 1 aromatic carbocycles. The molecule has 0 aliphatic carbocycles. The van der Waals surface area contributed by atoms with E-state index >= 15 is 0 Å². The largest absolute Gasteiger partial charge is 0.508 e. The molecule has 5 heteroatoms. The van der Waals surface area contributed by atoms with Crippen LogP contribution in [0, 0.1) is 5.92 Å². The Kier molecular flexibility index (Phi) is 5.38. The molecule has 1 aromatic rings. The van der Waals surface area contributed by atoms with E-state index in [2.05, 4.69) is 10.6 Å². The first kappa shape index (κ1) is 14.8. The highest BCUT2D eigenvalue weighted by atomic mass is 16.5. The first-order valence-electron chi connectivity index (χ1n) is 7.07. The van der Waals surface area contributed by atoms with Crippen molar-refractivity contribution in [1.82, 2.24) is 10.6 Å². The summed E-state index contributed by atoms with van der Waals surface area (Å²) in [5, 5.41) is 15.4. The van der Waals surface area contributed by atoms with Gasteiger partial charge in [0.1, 0.15) is 5.75 Å². The molecule has 1 aliphatic rings. The SMILES string of the molecule is CCNC1COCC1C(=O)NCCc1ccc(O)cc1. The van der Waals surface area contributed by atoms with Gasteiger partial charge in [-0.05, 0) is 30.7 Å². The summed E-state index contributed by atoms with van der Waals surface area (Å²) in [5.41, 5.74) is 1.09. The first-order valence-corrected chi connectivity index (χ1v) is 7.07. The Morgan fingerprint density at radius 3 is 2.80 bits per heavy atom. The molecule has 2 atom stereocenters. The average Bonchev–Trinajstić information content (AvgIpc) is 2.90. The van der Waals surface area contributed by atoms with E-state index in [4.69, 9.17) is 4.74 Å². The molecule has 1 fully saturated rings. The fraction of sp³-hybridized carbons (Fsp3) is 0.533. The number of rotatable bonds is 6. The van der Waals surface area contributed by atoms with E-state index in [0.29, 0.717) is 19.8 Å². The van der Waals surface area contributed by atoms with E-state index in [1.165, 1.54) is 0 Å². The van der Waals surface area contributed by atoms with Crippen LogP contribution in [0.4, 0.5) is 0 Å². The Morgan fingerprint density at radius 1 is 1.35 bits per heavy atom. The summed E-state index contributed by atoms with van der Waals surface area (Å²) in [6, 6.07) is 7.16. The number of carbonyl (C=O) groups is 1. The second-order valence-corrected chi connectivity index (χ2v) is 5.02. The van der Waals surface area contributed by atoms with Crippen molar-refractivity contribution in [3.05, 3.63) is 29.8 Å². The quantitative estimate of drug-likeness (QED) is 0.715. The molecule has 1 aliphatic heterocycles. The van der Waals surface area contributed by atoms with Crippen molar-refractivity contribution in [2.24, 2.45) is 5.92 Å². The van der Waals surface area contributed by atoms with Crippen LogP contribution in [-0.4, -0.2) is 43.4 Å². The lowest BCUT2D eigenvalue weighted by atomic mass is 10.0. The second kappa shape index (κ2) is 7.26. The maximum absolute atomic E-state index is 12.1. The third-order valence-corrected chi connectivity index (χ3v) is 3.53. The number of likely N-dealkylation sites (N-methyl/N-ethyl adjacent to an activating group) is 1. The number of aromatic hydroxyl groups is 1. The van der Waals surface area contributed by atoms with Gasteiger partial charge in [-0.2, -0.15) is 0 Å². The minimum atomic E-state index is -0.102. The number of phenolic OH excluding ortho intramolecular Hbond substituents is 1. The lowest BCUT2D eigenvalue weighted by molar-refractivity contribution is -0.125. The van der Waals surface area contributed by atoms with Crippen LogP contribution in [0.25, 0.3) is 0 Å². The first-order chi connectivity index (χ1) is 9.70. The monoisotopic (exact) mass is 278 g/mol. The number of benzene rings is 1. The molecule has 1 amide bonds. The van der Waals surface area contributed by atoms with Crippen LogP contribution in [0.1, 0.15) is 12.5 Å². The van der Waals surface area contributed by atoms with Gasteiger partial charge in [-0.15, -0.1) is 0 Å². The molecular formula is C15H22N2O3. The van der Waals surface area contributed by atoms with Crippen molar-refractivity contribution in [2.75, 3.05) is 26.3 Å². The fourth-order valence-corrected chi connectivity index (χ4v) is 2.40. The van der Waals surface area contributed by atoms with E-state index < -0.39 is 0 Å². The highest BCUT2D eigenvalue weighted by Gasteiger charge is 2.33. The maximum atomic E-state index is 12.1. The van der Waals surface area contributed by atoms with Gasteiger partial charge in [0.2, 0.25) is 5.91 Å². The molecule has 2 rings (SSSR count). The zero-order valence-electron chi connectivity index (χ0n) is 11.8. The molecule has 1 heterocycles. The Labute approximate surface area is 119 Å². The van der Waals surface area contributed by atoms with Crippen molar-refractivity contribution in [1.29, 1.82) is 0 Å². The molecule has 110 valence electrons. The number of hydrogen-bond acceptors (Lipinski definition) is 4. The van der Waals surface area contributed by atoms with Gasteiger partial charge in [0, 0.05) is 12.6 Å². The van der Waals surface area contributed by atoms with Crippen LogP contribution in [0.15, 0.2) is 24.3 Å². The number of amides is 1. The van der Waals surface area contributed by atoms with Crippen LogP contribution in [0.2, 0.25) is 0 Å². The smallest absolute Gasteiger partial charge is 0.227 e. The Balaban J connectivity index is 1.76. The van der Waals surface area contributed by atoms with Crippen molar-refractivity contribution >= 4 is 5.91 Å². The van der Waals surface area contributed by atoms with E-state index in [1.54, 1.807) is 12.1 Å². The van der Waals surface area contributed by atoms with Crippen molar-refractivity contribution in [3.63, 3.8) is 0 Å². The number of hydrogen-bond donors (Lipinski definition) is 3. The van der Waals surface area contributed by atoms with Crippen molar-refractivity contribution in [2.45, 2.75) is 19.4 Å². The van der Waals surface area contributed by atoms with Crippen molar-refractivity contribution in [3.8, 4) is 5.75 Å². The van der Waals surface area contributed by atoms with Crippen LogP contribution in [-0.2, 0) is 16.0 Å².